The first-order valence-corrected chi connectivity index (χ1v) is 16.9. The van der Waals surface area contributed by atoms with Crippen molar-refractivity contribution in [1.29, 1.82) is 0 Å². The molecule has 244 valence electrons. The molecule has 0 bridgehead atoms. The summed E-state index contributed by atoms with van der Waals surface area (Å²) < 4.78 is 29.7. The lowest BCUT2D eigenvalue weighted by molar-refractivity contribution is -0.134. The number of aliphatic hydroxyl groups excluding tert-OH is 1. The molecule has 2 atom stereocenters. The smallest absolute Gasteiger partial charge is 0.409 e. The molecule has 3 amide bonds. The molecule has 1 aromatic heterocycles. The second-order valence-corrected chi connectivity index (χ2v) is 12.3. The number of unbranched alkanes of at least 4 members (excludes halogenated alkanes) is 1. The van der Waals surface area contributed by atoms with Crippen LogP contribution >= 0.6 is 7.60 Å². The number of carbonyl (C=O) groups is 3. The van der Waals surface area contributed by atoms with Crippen molar-refractivity contribution in [2.75, 3.05) is 52.2 Å². The molecule has 2 N–H and O–H groups in total. The second kappa shape index (κ2) is 17.6. The summed E-state index contributed by atoms with van der Waals surface area (Å²) in [5.41, 5.74) is 0.732. The van der Waals surface area contributed by atoms with Crippen molar-refractivity contribution < 1.29 is 37.8 Å². The molecular formula is C31H42N5O8P. The van der Waals surface area contributed by atoms with E-state index in [0.717, 1.165) is 12.8 Å². The number of amides is 3. The number of hydrogen-bond donors (Lipinski definition) is 2. The average molecular weight is 644 g/mol. The largest absolute Gasteiger partial charge is 0.449 e. The van der Waals surface area contributed by atoms with E-state index in [9.17, 15) is 24.1 Å². The fourth-order valence-corrected chi connectivity index (χ4v) is 6.19. The average Bonchev–Trinajstić information content (AvgIpc) is 3.03. The number of piperazine rings is 1. The van der Waals surface area contributed by atoms with Gasteiger partial charge in [-0.2, -0.15) is 0 Å². The number of ether oxygens (including phenoxy) is 1. The third kappa shape index (κ3) is 10.9. The molecule has 0 spiro atoms. The van der Waals surface area contributed by atoms with Gasteiger partial charge in [-0.15, -0.1) is 0 Å². The van der Waals surface area contributed by atoms with E-state index in [1.54, 1.807) is 38.1 Å². The highest BCUT2D eigenvalue weighted by atomic mass is 31.2. The zero-order valence-corrected chi connectivity index (χ0v) is 27.1. The van der Waals surface area contributed by atoms with Crippen molar-refractivity contribution in [2.45, 2.75) is 52.7 Å². The van der Waals surface area contributed by atoms with Crippen molar-refractivity contribution in [1.82, 2.24) is 25.1 Å². The molecule has 14 heteroatoms. The van der Waals surface area contributed by atoms with E-state index in [2.05, 4.69) is 27.1 Å². The van der Waals surface area contributed by atoms with Crippen LogP contribution in [0.5, 0.6) is 0 Å². The fourth-order valence-electron chi connectivity index (χ4n) is 4.42. The zero-order valence-electron chi connectivity index (χ0n) is 26.2. The van der Waals surface area contributed by atoms with Gasteiger partial charge in [0, 0.05) is 37.8 Å². The molecule has 1 unspecified atom stereocenters. The molecule has 45 heavy (non-hydrogen) atoms. The Labute approximate surface area is 264 Å². The Kier molecular flexibility index (Phi) is 14.0. The van der Waals surface area contributed by atoms with E-state index in [0.29, 0.717) is 12.2 Å². The monoisotopic (exact) mass is 643 g/mol. The predicted molar refractivity (Wildman–Crippen MR) is 167 cm³/mol. The van der Waals surface area contributed by atoms with E-state index >= 15 is 0 Å². The molecule has 2 heterocycles. The van der Waals surface area contributed by atoms with Gasteiger partial charge in [0.15, 0.2) is 5.82 Å². The second-order valence-electron chi connectivity index (χ2n) is 10.2. The van der Waals surface area contributed by atoms with Crippen molar-refractivity contribution in [3.63, 3.8) is 0 Å². The Balaban J connectivity index is 1.88. The highest BCUT2D eigenvalue weighted by molar-refractivity contribution is 7.54. The molecule has 1 saturated heterocycles. The summed E-state index contributed by atoms with van der Waals surface area (Å²) >= 11 is 0. The molecular weight excluding hydrogens is 601 g/mol. The van der Waals surface area contributed by atoms with Gasteiger partial charge in [-0.25, -0.2) is 14.8 Å². The number of aliphatic hydroxyl groups is 1. The maximum Gasteiger partial charge on any atom is 0.409 e. The van der Waals surface area contributed by atoms with Gasteiger partial charge in [0.2, 0.25) is 5.91 Å². The molecule has 1 fully saturated rings. The standard InChI is InChI=1S/C31H42N5O8P/c1-5-8-20-42-31(40)36-18-16-35(17-19-36)30(39)27(22-45(41,43-6-2)44-7-3)34-29(38)26-21-25(15-14-23(4)37)32-28(33-26)24-12-10-9-11-13-24/h9-13,21,23,27,37H,5-8,16-20,22H2,1-4H3,(H,34,38)/t23-,27?/m1/s1. The van der Waals surface area contributed by atoms with Crippen molar-refractivity contribution >= 4 is 25.5 Å². The minimum Gasteiger partial charge on any atom is -0.449 e. The van der Waals surface area contributed by atoms with Crippen LogP contribution in [0.2, 0.25) is 0 Å². The number of aromatic nitrogens is 2. The third-order valence-corrected chi connectivity index (χ3v) is 8.75. The summed E-state index contributed by atoms with van der Waals surface area (Å²) in [7, 11) is -3.79. The first kappa shape index (κ1) is 35.7. The number of benzene rings is 1. The molecule has 0 aliphatic carbocycles. The SMILES string of the molecule is CCCCOC(=O)N1CCN(C(=O)C(CP(=O)(OCC)OCC)NC(=O)c2cc(C#C[C@@H](C)O)nc(-c3ccccc3)n2)CC1. The minimum absolute atomic E-state index is 0.0720. The number of hydrogen-bond acceptors (Lipinski definition) is 10. The summed E-state index contributed by atoms with van der Waals surface area (Å²) in [5, 5.41) is 12.3. The summed E-state index contributed by atoms with van der Waals surface area (Å²) in [6.07, 6.45) is -0.118. The molecule has 0 saturated carbocycles. The Bertz CT molecular complexity index is 1390. The first-order valence-electron chi connectivity index (χ1n) is 15.1. The summed E-state index contributed by atoms with van der Waals surface area (Å²) in [4.78, 5) is 51.8. The van der Waals surface area contributed by atoms with Gasteiger partial charge in [-0.05, 0) is 33.1 Å². The Morgan fingerprint density at radius 1 is 1.02 bits per heavy atom. The highest BCUT2D eigenvalue weighted by Crippen LogP contribution is 2.48. The van der Waals surface area contributed by atoms with Gasteiger partial charge in [-0.1, -0.05) is 49.6 Å². The Morgan fingerprint density at radius 3 is 2.27 bits per heavy atom. The zero-order chi connectivity index (χ0) is 32.8. The van der Waals surface area contributed by atoms with Crippen LogP contribution in [-0.2, 0) is 23.1 Å². The summed E-state index contributed by atoms with van der Waals surface area (Å²) in [5.74, 6) is 4.34. The molecule has 1 aromatic carbocycles. The number of nitrogens with zero attached hydrogens (tertiary/aromatic N) is 4. The lowest BCUT2D eigenvalue weighted by Gasteiger charge is -2.36. The van der Waals surface area contributed by atoms with Crippen LogP contribution in [0.3, 0.4) is 0 Å². The van der Waals surface area contributed by atoms with Crippen LogP contribution in [-0.4, -0.2) is 107 Å². The van der Waals surface area contributed by atoms with Crippen molar-refractivity contribution in [3.05, 3.63) is 47.8 Å². The molecule has 3 rings (SSSR count). The van der Waals surface area contributed by atoms with Gasteiger partial charge in [0.05, 0.1) is 26.0 Å². The van der Waals surface area contributed by atoms with E-state index in [-0.39, 0.29) is 56.6 Å². The normalized spacial score (nSPS) is 14.6. The van der Waals surface area contributed by atoms with E-state index in [4.69, 9.17) is 13.8 Å². The first-order chi connectivity index (χ1) is 21.6. The molecule has 13 nitrogen and oxygen atoms in total. The van der Waals surface area contributed by atoms with Gasteiger partial charge < -0.3 is 34.0 Å². The van der Waals surface area contributed by atoms with E-state index in [1.165, 1.54) is 22.8 Å². The molecule has 1 aliphatic heterocycles. The highest BCUT2D eigenvalue weighted by Gasteiger charge is 2.37. The summed E-state index contributed by atoms with van der Waals surface area (Å²) in [6, 6.07) is 9.02. The maximum absolute atomic E-state index is 13.8. The van der Waals surface area contributed by atoms with Crippen molar-refractivity contribution in [3.8, 4) is 23.2 Å². The molecule has 0 radical (unpaired) electrons. The van der Waals surface area contributed by atoms with Crippen LogP contribution < -0.4 is 5.32 Å². The number of rotatable bonds is 13. The van der Waals surface area contributed by atoms with Gasteiger partial charge in [0.1, 0.15) is 23.5 Å². The van der Waals surface area contributed by atoms with E-state index < -0.39 is 43.8 Å². The topological polar surface area (TPSA) is 160 Å². The maximum atomic E-state index is 13.8. The van der Waals surface area contributed by atoms with Crippen LogP contribution in [0.4, 0.5) is 4.79 Å². The third-order valence-electron chi connectivity index (χ3n) is 6.63. The van der Waals surface area contributed by atoms with Gasteiger partial charge >= 0.3 is 13.7 Å². The molecule has 2 aromatic rings. The lowest BCUT2D eigenvalue weighted by atomic mass is 10.2. The number of carbonyl (C=O) groups excluding carboxylic acids is 3. The van der Waals surface area contributed by atoms with Crippen LogP contribution in [0, 0.1) is 11.8 Å². The van der Waals surface area contributed by atoms with Crippen LogP contribution in [0.15, 0.2) is 36.4 Å². The summed E-state index contributed by atoms with van der Waals surface area (Å²) in [6.45, 7) is 8.14. The quantitative estimate of drug-likeness (QED) is 0.188. The fraction of sp³-hybridized carbons (Fsp3) is 0.516. The van der Waals surface area contributed by atoms with Crippen molar-refractivity contribution in [2.24, 2.45) is 0 Å². The minimum atomic E-state index is -3.79. The van der Waals surface area contributed by atoms with Crippen LogP contribution in [0.1, 0.15) is 56.7 Å². The molecule has 1 aliphatic rings. The number of nitrogens with one attached hydrogen (secondary N) is 1. The Morgan fingerprint density at radius 2 is 1.67 bits per heavy atom. The Hall–Kier alpha value is -3.82. The lowest BCUT2D eigenvalue weighted by Crippen LogP contribution is -2.57. The van der Waals surface area contributed by atoms with Crippen LogP contribution in [0.25, 0.3) is 11.4 Å². The van der Waals surface area contributed by atoms with Gasteiger partial charge in [0.25, 0.3) is 5.91 Å². The van der Waals surface area contributed by atoms with Gasteiger partial charge in [-0.3, -0.25) is 14.2 Å². The van der Waals surface area contributed by atoms with E-state index in [1.807, 2.05) is 13.0 Å². The predicted octanol–water partition coefficient (Wildman–Crippen LogP) is 3.32.